The van der Waals surface area contributed by atoms with E-state index in [1.807, 2.05) is 0 Å². The van der Waals surface area contributed by atoms with E-state index >= 15 is 0 Å². The number of hydrogen-bond donors (Lipinski definition) is 0. The molecule has 0 aliphatic heterocycles. The summed E-state index contributed by atoms with van der Waals surface area (Å²) in [6, 6.07) is 0. The van der Waals surface area contributed by atoms with E-state index in [0.717, 1.165) is 12.3 Å². The quantitative estimate of drug-likeness (QED) is 0.399. The Balaban J connectivity index is 0. The molecule has 2 aliphatic carbocycles. The van der Waals surface area contributed by atoms with E-state index in [0.29, 0.717) is 0 Å². The summed E-state index contributed by atoms with van der Waals surface area (Å²) in [5.41, 5.74) is 1.50. The molecular formula is C10H15Br2Hf-. The summed E-state index contributed by atoms with van der Waals surface area (Å²) in [4.78, 5) is 0. The molecule has 0 heterocycles. The summed E-state index contributed by atoms with van der Waals surface area (Å²) >= 11 is 0. The molecule has 0 aromatic carbocycles. The second-order valence-corrected chi connectivity index (χ2v) is 3.22. The largest absolute Gasteiger partial charge is 0.269 e. The van der Waals surface area contributed by atoms with E-state index in [1.54, 1.807) is 0 Å². The molecule has 0 aromatic rings. The van der Waals surface area contributed by atoms with Gasteiger partial charge in [-0.05, 0) is 18.8 Å². The van der Waals surface area contributed by atoms with Crippen molar-refractivity contribution in [2.75, 3.05) is 0 Å². The monoisotopic (exact) mass is 473 g/mol. The fourth-order valence-corrected chi connectivity index (χ4v) is 1.94. The molecule has 0 nitrogen and oxygen atoms in total. The van der Waals surface area contributed by atoms with Crippen LogP contribution in [0, 0.1) is 12.0 Å². The fraction of sp³-hybridized carbons (Fsp3) is 0.600. The maximum atomic E-state index is 3.40. The van der Waals surface area contributed by atoms with Gasteiger partial charge in [0.25, 0.3) is 0 Å². The van der Waals surface area contributed by atoms with Crippen molar-refractivity contribution in [1.82, 2.24) is 0 Å². The molecule has 74 valence electrons. The Bertz CT molecular complexity index is 181. The number of halogens is 2. The minimum atomic E-state index is 0. The second kappa shape index (κ2) is 8.60. The van der Waals surface area contributed by atoms with Crippen molar-refractivity contribution in [3.05, 3.63) is 23.8 Å². The zero-order valence-corrected chi connectivity index (χ0v) is 14.6. The zero-order chi connectivity index (χ0) is 6.81. The average Bonchev–Trinajstić information content (AvgIpc) is 2.59. The zero-order valence-electron chi connectivity index (χ0n) is 7.58. The Morgan fingerprint density at radius 1 is 1.15 bits per heavy atom. The van der Waals surface area contributed by atoms with E-state index in [2.05, 4.69) is 18.2 Å². The third-order valence-electron chi connectivity index (χ3n) is 2.52. The Hall–Kier alpha value is 1.31. The van der Waals surface area contributed by atoms with Gasteiger partial charge in [0.05, 0.1) is 0 Å². The number of rotatable bonds is 1. The molecule has 2 rings (SSSR count). The SMILES string of the molecule is Br.Br.[C-]1=C(C2CCCC2)C=CC1.[Hf]. The van der Waals surface area contributed by atoms with Crippen molar-refractivity contribution in [2.45, 2.75) is 32.1 Å². The number of hydrogen-bond acceptors (Lipinski definition) is 0. The molecule has 0 spiro atoms. The first-order valence-electron chi connectivity index (χ1n) is 4.24. The molecule has 2 aliphatic rings. The van der Waals surface area contributed by atoms with Crippen LogP contribution in [0.5, 0.6) is 0 Å². The molecule has 1 saturated carbocycles. The van der Waals surface area contributed by atoms with E-state index < -0.39 is 0 Å². The summed E-state index contributed by atoms with van der Waals surface area (Å²) in [7, 11) is 0. The van der Waals surface area contributed by atoms with Crippen molar-refractivity contribution in [3.8, 4) is 0 Å². The van der Waals surface area contributed by atoms with E-state index in [-0.39, 0.29) is 59.8 Å². The van der Waals surface area contributed by atoms with Crippen LogP contribution in [0.3, 0.4) is 0 Å². The smallest absolute Gasteiger partial charge is 0 e. The Labute approximate surface area is 121 Å². The molecule has 1 fully saturated rings. The van der Waals surface area contributed by atoms with Gasteiger partial charge in [0.15, 0.2) is 0 Å². The van der Waals surface area contributed by atoms with Gasteiger partial charge in [-0.3, -0.25) is 6.08 Å². The van der Waals surface area contributed by atoms with Crippen LogP contribution in [0.4, 0.5) is 0 Å². The molecule has 0 atom stereocenters. The van der Waals surface area contributed by atoms with Gasteiger partial charge in [0.2, 0.25) is 0 Å². The molecule has 3 heteroatoms. The third-order valence-corrected chi connectivity index (χ3v) is 2.52. The summed E-state index contributed by atoms with van der Waals surface area (Å²) in [6.45, 7) is 0. The Kier molecular flexibility index (Phi) is 11.1. The first kappa shape index (κ1) is 16.7. The van der Waals surface area contributed by atoms with Gasteiger partial charge in [0.1, 0.15) is 0 Å². The fourth-order valence-electron chi connectivity index (χ4n) is 1.94. The Morgan fingerprint density at radius 3 is 2.23 bits per heavy atom. The minimum absolute atomic E-state index is 0. The predicted octanol–water partition coefficient (Wildman–Crippen LogP) is 4.02. The van der Waals surface area contributed by atoms with Crippen LogP contribution in [0.2, 0.25) is 0 Å². The maximum absolute atomic E-state index is 3.40. The number of allylic oxidation sites excluding steroid dienone is 4. The van der Waals surface area contributed by atoms with Crippen molar-refractivity contribution in [3.63, 3.8) is 0 Å². The molecule has 0 bridgehead atoms. The predicted molar refractivity (Wildman–Crippen MR) is 63.1 cm³/mol. The van der Waals surface area contributed by atoms with Gasteiger partial charge >= 0.3 is 0 Å². The Morgan fingerprint density at radius 2 is 1.77 bits per heavy atom. The van der Waals surface area contributed by atoms with Crippen LogP contribution in [-0.4, -0.2) is 0 Å². The van der Waals surface area contributed by atoms with Crippen LogP contribution in [0.1, 0.15) is 32.1 Å². The van der Waals surface area contributed by atoms with Gasteiger partial charge in [-0.2, -0.15) is 6.08 Å². The molecule has 0 aromatic heterocycles. The summed E-state index contributed by atoms with van der Waals surface area (Å²) in [5.74, 6) is 0.874. The molecule has 0 N–H and O–H groups in total. The van der Waals surface area contributed by atoms with Crippen molar-refractivity contribution in [2.24, 2.45) is 5.92 Å². The van der Waals surface area contributed by atoms with Crippen LogP contribution >= 0.6 is 34.0 Å². The van der Waals surface area contributed by atoms with Crippen molar-refractivity contribution < 1.29 is 25.8 Å². The van der Waals surface area contributed by atoms with E-state index in [9.17, 15) is 0 Å². The van der Waals surface area contributed by atoms with Crippen LogP contribution in [-0.2, 0) is 25.8 Å². The van der Waals surface area contributed by atoms with Crippen LogP contribution in [0.15, 0.2) is 17.7 Å². The standard InChI is InChI=1S/C10H13.2BrH.Hf/c1-2-6-9(5-1)10-7-3-4-8-10;;;/h1,5,10H,2-4,7-8H2;2*1H;/q-1;;;. The summed E-state index contributed by atoms with van der Waals surface area (Å²) in [6.07, 6.45) is 14.6. The van der Waals surface area contributed by atoms with Crippen LogP contribution < -0.4 is 0 Å². The van der Waals surface area contributed by atoms with Crippen molar-refractivity contribution >= 4 is 34.0 Å². The normalized spacial score (nSPS) is 19.8. The van der Waals surface area contributed by atoms with Crippen LogP contribution in [0.25, 0.3) is 0 Å². The third kappa shape index (κ3) is 4.57. The molecule has 0 amide bonds. The second-order valence-electron chi connectivity index (χ2n) is 3.22. The van der Waals surface area contributed by atoms with Gasteiger partial charge in [-0.15, -0.1) is 40.4 Å². The molecule has 13 heavy (non-hydrogen) atoms. The summed E-state index contributed by atoms with van der Waals surface area (Å²) in [5, 5.41) is 0. The topological polar surface area (TPSA) is 0 Å². The van der Waals surface area contributed by atoms with Crippen molar-refractivity contribution in [1.29, 1.82) is 0 Å². The van der Waals surface area contributed by atoms with Gasteiger partial charge in [-0.25, -0.2) is 11.6 Å². The first-order chi connectivity index (χ1) is 4.97. The van der Waals surface area contributed by atoms with Gasteiger partial charge in [0, 0.05) is 25.8 Å². The minimum Gasteiger partial charge on any atom is -0.269 e. The molecule has 0 saturated heterocycles. The average molecular weight is 474 g/mol. The first-order valence-corrected chi connectivity index (χ1v) is 4.24. The molecule has 0 radical (unpaired) electrons. The molecule has 0 unspecified atom stereocenters. The van der Waals surface area contributed by atoms with E-state index in [4.69, 9.17) is 0 Å². The molecular weight excluding hydrogens is 458 g/mol. The van der Waals surface area contributed by atoms with Gasteiger partial charge in [-0.1, -0.05) is 12.8 Å². The van der Waals surface area contributed by atoms with Gasteiger partial charge < -0.3 is 0 Å². The maximum Gasteiger partial charge on any atom is 0 e. The van der Waals surface area contributed by atoms with E-state index in [1.165, 1.54) is 31.3 Å². The summed E-state index contributed by atoms with van der Waals surface area (Å²) < 4.78 is 0.